The lowest BCUT2D eigenvalue weighted by Crippen LogP contribution is -2.61. The number of benzene rings is 1. The minimum Gasteiger partial charge on any atom is -0.467 e. The molecule has 0 saturated carbocycles. The van der Waals surface area contributed by atoms with E-state index in [1.165, 1.54) is 7.11 Å². The highest BCUT2D eigenvalue weighted by molar-refractivity contribution is 5.96. The number of likely N-dealkylation sites (tertiary alicyclic amines) is 1. The second kappa shape index (κ2) is 14.3. The Bertz CT molecular complexity index is 1140. The summed E-state index contributed by atoms with van der Waals surface area (Å²) in [6, 6.07) is 7.42. The number of nitrogens with one attached hydrogen (secondary N) is 2. The van der Waals surface area contributed by atoms with Crippen LogP contribution < -0.4 is 10.6 Å². The Morgan fingerprint density at radius 1 is 1.05 bits per heavy atom. The fourth-order valence-electron chi connectivity index (χ4n) is 5.78. The van der Waals surface area contributed by atoms with Crippen LogP contribution in [0.15, 0.2) is 42.0 Å². The van der Waals surface area contributed by atoms with Gasteiger partial charge in [0.15, 0.2) is 0 Å². The summed E-state index contributed by atoms with van der Waals surface area (Å²) in [5, 5.41) is 6.23. The third kappa shape index (κ3) is 8.00. The van der Waals surface area contributed by atoms with Gasteiger partial charge in [0.1, 0.15) is 12.1 Å². The quantitative estimate of drug-likeness (QED) is 0.304. The Labute approximate surface area is 252 Å². The average molecular weight is 585 g/mol. The van der Waals surface area contributed by atoms with Gasteiger partial charge < -0.3 is 25.2 Å². The van der Waals surface area contributed by atoms with E-state index in [-0.39, 0.29) is 23.6 Å². The number of rotatable bonds is 11. The van der Waals surface area contributed by atoms with Gasteiger partial charge in [-0.15, -0.1) is 0 Å². The van der Waals surface area contributed by atoms with E-state index in [4.69, 9.17) is 4.74 Å². The van der Waals surface area contributed by atoms with E-state index < -0.39 is 41.0 Å². The number of nitrogens with zero attached hydrogens (tertiary/aromatic N) is 2. The van der Waals surface area contributed by atoms with Crippen LogP contribution in [0, 0.1) is 11.3 Å². The second-order valence-electron chi connectivity index (χ2n) is 13.3. The van der Waals surface area contributed by atoms with Crippen molar-refractivity contribution in [2.24, 2.45) is 11.3 Å². The van der Waals surface area contributed by atoms with Crippen LogP contribution in [0.4, 0.5) is 0 Å². The highest BCUT2D eigenvalue weighted by Crippen LogP contribution is 2.29. The van der Waals surface area contributed by atoms with Gasteiger partial charge in [-0.3, -0.25) is 14.4 Å². The van der Waals surface area contributed by atoms with E-state index in [0.717, 1.165) is 12.0 Å². The highest BCUT2D eigenvalue weighted by atomic mass is 16.5. The first-order valence-electron chi connectivity index (χ1n) is 14.9. The third-order valence-electron chi connectivity index (χ3n) is 8.41. The Morgan fingerprint density at radius 3 is 2.14 bits per heavy atom. The van der Waals surface area contributed by atoms with Crippen molar-refractivity contribution in [2.45, 2.75) is 97.8 Å². The van der Waals surface area contributed by atoms with Gasteiger partial charge in [0, 0.05) is 24.6 Å². The zero-order valence-corrected chi connectivity index (χ0v) is 27.4. The summed E-state index contributed by atoms with van der Waals surface area (Å²) in [6.45, 7) is 16.0. The summed E-state index contributed by atoms with van der Waals surface area (Å²) >= 11 is 0. The number of likely N-dealkylation sites (N-methyl/N-ethyl adjacent to an activating group) is 2. The molecule has 0 bridgehead atoms. The van der Waals surface area contributed by atoms with Crippen molar-refractivity contribution in [3.63, 3.8) is 0 Å². The van der Waals surface area contributed by atoms with Gasteiger partial charge in [-0.05, 0) is 43.7 Å². The van der Waals surface area contributed by atoms with Crippen LogP contribution in [-0.2, 0) is 29.3 Å². The molecular weight excluding hydrogens is 532 g/mol. The minimum absolute atomic E-state index is 0.0185. The Hall–Kier alpha value is -3.20. The van der Waals surface area contributed by atoms with E-state index in [9.17, 15) is 19.2 Å². The fraction of sp³-hybridized carbons (Fsp3) is 0.636. The monoisotopic (exact) mass is 584 g/mol. The van der Waals surface area contributed by atoms with Gasteiger partial charge in [0.05, 0.1) is 19.2 Å². The molecule has 1 aromatic rings. The molecule has 234 valence electrons. The lowest BCUT2D eigenvalue weighted by atomic mass is 9.76. The fourth-order valence-corrected chi connectivity index (χ4v) is 5.78. The number of hydrogen-bond acceptors (Lipinski definition) is 6. The molecule has 1 saturated heterocycles. The van der Waals surface area contributed by atoms with Crippen LogP contribution in [0.2, 0.25) is 0 Å². The van der Waals surface area contributed by atoms with E-state index >= 15 is 0 Å². The molecule has 4 atom stereocenters. The molecule has 42 heavy (non-hydrogen) atoms. The highest BCUT2D eigenvalue weighted by Gasteiger charge is 2.42. The second-order valence-corrected chi connectivity index (χ2v) is 13.3. The summed E-state index contributed by atoms with van der Waals surface area (Å²) < 4.78 is 4.90. The summed E-state index contributed by atoms with van der Waals surface area (Å²) in [4.78, 5) is 56.6. The largest absolute Gasteiger partial charge is 0.467 e. The van der Waals surface area contributed by atoms with Crippen molar-refractivity contribution in [2.75, 3.05) is 27.7 Å². The van der Waals surface area contributed by atoms with Crippen LogP contribution in [0.25, 0.3) is 0 Å². The van der Waals surface area contributed by atoms with Crippen LogP contribution >= 0.6 is 0 Å². The van der Waals surface area contributed by atoms with Crippen molar-refractivity contribution in [1.29, 1.82) is 0 Å². The maximum absolute atomic E-state index is 14.1. The number of carbonyl (C=O) groups excluding carboxylic acids is 4. The first-order valence-corrected chi connectivity index (χ1v) is 14.9. The molecule has 3 amide bonds. The van der Waals surface area contributed by atoms with E-state index in [2.05, 4.69) is 10.6 Å². The number of amides is 3. The van der Waals surface area contributed by atoms with Crippen molar-refractivity contribution < 1.29 is 23.9 Å². The van der Waals surface area contributed by atoms with Gasteiger partial charge >= 0.3 is 5.97 Å². The van der Waals surface area contributed by atoms with Crippen LogP contribution in [-0.4, -0.2) is 85.4 Å². The Balaban J connectivity index is 2.33. The third-order valence-corrected chi connectivity index (χ3v) is 8.41. The molecule has 0 radical (unpaired) electrons. The molecule has 2 rings (SSSR count). The van der Waals surface area contributed by atoms with Gasteiger partial charge in [0.25, 0.3) is 0 Å². The molecule has 9 heteroatoms. The average Bonchev–Trinajstić information content (AvgIpc) is 3.43. The summed E-state index contributed by atoms with van der Waals surface area (Å²) in [7, 11) is 4.79. The molecule has 1 heterocycles. The Kier molecular flexibility index (Phi) is 11.9. The molecule has 1 fully saturated rings. The molecule has 1 aromatic carbocycles. The molecule has 0 spiro atoms. The number of ether oxygens (including phenoxy) is 1. The summed E-state index contributed by atoms with van der Waals surface area (Å²) in [6.07, 6.45) is 3.10. The van der Waals surface area contributed by atoms with Crippen LogP contribution in [0.1, 0.15) is 73.8 Å². The lowest BCUT2D eigenvalue weighted by molar-refractivity contribution is -0.149. The topological polar surface area (TPSA) is 108 Å². The number of carbonyl (C=O) groups is 4. The standard InChI is InChI=1S/C33H52N4O5/c1-21(2)25(20-22(3)29(39)37-19-15-18-24(37)31(41)42-11)36(10)30(40)27(32(4,5)6)35-28(38)26(34-9)33(7,8)23-16-13-12-14-17-23/h12-14,16-17,20-21,24-27,34H,15,18-19H2,1-11H3,(H,35,38)/t24-,25+,26+,27+/m0/s1. The normalized spacial score (nSPS) is 18.3. The van der Waals surface area contributed by atoms with Crippen molar-refractivity contribution in [1.82, 2.24) is 20.4 Å². The predicted molar refractivity (Wildman–Crippen MR) is 166 cm³/mol. The van der Waals surface area contributed by atoms with Gasteiger partial charge in [-0.2, -0.15) is 0 Å². The van der Waals surface area contributed by atoms with E-state index in [1.807, 2.05) is 78.8 Å². The van der Waals surface area contributed by atoms with Crippen molar-refractivity contribution in [3.05, 3.63) is 47.5 Å². The first kappa shape index (κ1) is 35.0. The molecule has 0 aliphatic carbocycles. The molecule has 0 unspecified atom stereocenters. The molecular formula is C33H52N4O5. The maximum atomic E-state index is 14.1. The molecule has 2 N–H and O–H groups in total. The zero-order chi connectivity index (χ0) is 32.0. The van der Waals surface area contributed by atoms with E-state index in [1.54, 1.807) is 36.9 Å². The minimum atomic E-state index is -0.814. The zero-order valence-electron chi connectivity index (χ0n) is 27.4. The van der Waals surface area contributed by atoms with Gasteiger partial charge in [-0.25, -0.2) is 4.79 Å². The molecule has 1 aliphatic heterocycles. The molecule has 0 aromatic heterocycles. The summed E-state index contributed by atoms with van der Waals surface area (Å²) in [5.74, 6) is -1.18. The maximum Gasteiger partial charge on any atom is 0.328 e. The SMILES string of the molecule is CN[C@H](C(=O)N[C@H](C(=O)N(C)[C@H](C=C(C)C(=O)N1CCC[C@H]1C(=O)OC)C(C)C)C(C)(C)C)C(C)(C)c1ccccc1. The Morgan fingerprint density at radius 2 is 1.64 bits per heavy atom. The lowest BCUT2D eigenvalue weighted by Gasteiger charge is -2.40. The van der Waals surface area contributed by atoms with E-state index in [0.29, 0.717) is 18.5 Å². The number of hydrogen-bond donors (Lipinski definition) is 2. The number of methoxy groups -OCH3 is 1. The molecule has 1 aliphatic rings. The smallest absolute Gasteiger partial charge is 0.328 e. The predicted octanol–water partition coefficient (Wildman–Crippen LogP) is 3.68. The van der Waals surface area contributed by atoms with Gasteiger partial charge in [0.2, 0.25) is 17.7 Å². The number of esters is 1. The summed E-state index contributed by atoms with van der Waals surface area (Å²) in [5.41, 5.74) is 0.332. The molecule has 9 nitrogen and oxygen atoms in total. The van der Waals surface area contributed by atoms with Crippen LogP contribution in [0.5, 0.6) is 0 Å². The van der Waals surface area contributed by atoms with Crippen molar-refractivity contribution >= 4 is 23.7 Å². The van der Waals surface area contributed by atoms with Crippen LogP contribution in [0.3, 0.4) is 0 Å². The van der Waals surface area contributed by atoms with Gasteiger partial charge in [-0.1, -0.05) is 84.9 Å². The first-order chi connectivity index (χ1) is 19.5. The van der Waals surface area contributed by atoms with Crippen molar-refractivity contribution in [3.8, 4) is 0 Å².